The molecule has 4 heterocycles. The summed E-state index contributed by atoms with van der Waals surface area (Å²) in [5.41, 5.74) is 1.89. The first-order chi connectivity index (χ1) is 12.7. The van der Waals surface area contributed by atoms with Crippen LogP contribution in [0.1, 0.15) is 29.7 Å². The Kier molecular flexibility index (Phi) is 4.09. The fourth-order valence-corrected chi connectivity index (χ4v) is 5.31. The highest BCUT2D eigenvalue weighted by atomic mass is 32.2. The molecule has 1 saturated heterocycles. The van der Waals surface area contributed by atoms with Crippen LogP contribution in [0.5, 0.6) is 0 Å². The number of nitrogens with zero attached hydrogens (tertiary/aromatic N) is 6. The third kappa shape index (κ3) is 2.84. The molecule has 1 fully saturated rings. The zero-order chi connectivity index (χ0) is 19.4. The molecule has 0 saturated carbocycles. The van der Waals surface area contributed by atoms with Gasteiger partial charge in [-0.15, -0.1) is 0 Å². The molecule has 1 aliphatic rings. The topological polar surface area (TPSA) is 106 Å². The summed E-state index contributed by atoms with van der Waals surface area (Å²) in [6, 6.07) is 1.88. The quantitative estimate of drug-likeness (QED) is 0.708. The first-order valence-corrected chi connectivity index (χ1v) is 10.2. The van der Waals surface area contributed by atoms with Crippen LogP contribution in [0.4, 0.5) is 0 Å². The van der Waals surface area contributed by atoms with Crippen LogP contribution in [0, 0.1) is 13.8 Å². The van der Waals surface area contributed by atoms with Gasteiger partial charge in [-0.1, -0.05) is 0 Å². The van der Waals surface area contributed by atoms with Gasteiger partial charge >= 0.3 is 0 Å². The van der Waals surface area contributed by atoms with E-state index in [-0.39, 0.29) is 18.0 Å². The number of piperidine rings is 1. The van der Waals surface area contributed by atoms with Crippen molar-refractivity contribution in [2.75, 3.05) is 13.1 Å². The van der Waals surface area contributed by atoms with Crippen LogP contribution >= 0.6 is 0 Å². The lowest BCUT2D eigenvalue weighted by atomic mass is 9.84. The lowest BCUT2D eigenvalue weighted by molar-refractivity contribution is -0.0105. The van der Waals surface area contributed by atoms with Crippen molar-refractivity contribution in [2.45, 2.75) is 37.2 Å². The summed E-state index contributed by atoms with van der Waals surface area (Å²) < 4.78 is 30.5. The minimum Gasteiger partial charge on any atom is -0.385 e. The number of aliphatic hydroxyl groups is 1. The summed E-state index contributed by atoms with van der Waals surface area (Å²) in [6.45, 7) is 4.13. The van der Waals surface area contributed by atoms with Gasteiger partial charge < -0.3 is 5.11 Å². The largest absolute Gasteiger partial charge is 0.385 e. The molecule has 4 rings (SSSR count). The van der Waals surface area contributed by atoms with E-state index in [1.807, 2.05) is 13.0 Å². The van der Waals surface area contributed by atoms with E-state index in [0.717, 1.165) is 11.1 Å². The standard InChI is InChI=1S/C17H22N6O3S/c1-12-8-16-18-11-20-23(16)10-14(12)17(24)4-6-22(7-5-17)27(25,26)15-9-19-21(3)13(15)2/h8-11,24H,4-7H2,1-3H3. The van der Waals surface area contributed by atoms with Crippen LogP contribution in [0.3, 0.4) is 0 Å². The van der Waals surface area contributed by atoms with E-state index in [2.05, 4.69) is 15.2 Å². The smallest absolute Gasteiger partial charge is 0.246 e. The SMILES string of the molecule is Cc1cc2ncnn2cc1C1(O)CCN(S(=O)(=O)c2cnn(C)c2C)CC1. The molecule has 27 heavy (non-hydrogen) atoms. The van der Waals surface area contributed by atoms with Crippen LogP contribution in [0.25, 0.3) is 5.65 Å². The Bertz CT molecular complexity index is 1110. The average molecular weight is 390 g/mol. The van der Waals surface area contributed by atoms with E-state index in [1.54, 1.807) is 29.4 Å². The molecule has 1 N–H and O–H groups in total. The minimum atomic E-state index is -3.63. The van der Waals surface area contributed by atoms with E-state index < -0.39 is 15.6 Å². The number of rotatable bonds is 3. The number of hydrogen-bond acceptors (Lipinski definition) is 6. The van der Waals surface area contributed by atoms with Gasteiger partial charge in [-0.05, 0) is 38.3 Å². The van der Waals surface area contributed by atoms with Crippen molar-refractivity contribution in [2.24, 2.45) is 7.05 Å². The van der Waals surface area contributed by atoms with Gasteiger partial charge in [0.05, 0.1) is 17.5 Å². The van der Waals surface area contributed by atoms with Crippen LogP contribution in [0.15, 0.2) is 29.7 Å². The van der Waals surface area contributed by atoms with E-state index in [9.17, 15) is 13.5 Å². The second-order valence-electron chi connectivity index (χ2n) is 7.09. The van der Waals surface area contributed by atoms with Crippen LogP contribution in [0.2, 0.25) is 0 Å². The number of sulfonamides is 1. The van der Waals surface area contributed by atoms with Crippen molar-refractivity contribution in [3.63, 3.8) is 0 Å². The van der Waals surface area contributed by atoms with Crippen molar-refractivity contribution >= 4 is 15.7 Å². The molecule has 0 atom stereocenters. The van der Waals surface area contributed by atoms with Gasteiger partial charge in [-0.25, -0.2) is 17.9 Å². The first-order valence-electron chi connectivity index (χ1n) is 8.74. The van der Waals surface area contributed by atoms with Gasteiger partial charge in [0, 0.05) is 31.9 Å². The Morgan fingerprint density at radius 1 is 1.19 bits per heavy atom. The molecular formula is C17H22N6O3S. The molecular weight excluding hydrogens is 368 g/mol. The fraction of sp³-hybridized carbons (Fsp3) is 0.471. The maximum atomic E-state index is 12.9. The molecule has 0 radical (unpaired) electrons. The number of hydrogen-bond donors (Lipinski definition) is 1. The Morgan fingerprint density at radius 3 is 2.52 bits per heavy atom. The van der Waals surface area contributed by atoms with Gasteiger partial charge in [-0.3, -0.25) is 4.68 Å². The summed E-state index contributed by atoms with van der Waals surface area (Å²) in [7, 11) is -1.91. The third-order valence-electron chi connectivity index (χ3n) is 5.48. The zero-order valence-corrected chi connectivity index (χ0v) is 16.3. The van der Waals surface area contributed by atoms with Crippen molar-refractivity contribution in [1.29, 1.82) is 0 Å². The van der Waals surface area contributed by atoms with Gasteiger partial charge in [0.25, 0.3) is 0 Å². The highest BCUT2D eigenvalue weighted by Gasteiger charge is 2.40. The summed E-state index contributed by atoms with van der Waals surface area (Å²) in [4.78, 5) is 4.37. The lowest BCUT2D eigenvalue weighted by Gasteiger charge is -2.38. The maximum Gasteiger partial charge on any atom is 0.246 e. The molecule has 0 aliphatic carbocycles. The van der Waals surface area contributed by atoms with Crippen molar-refractivity contribution in [3.05, 3.63) is 41.6 Å². The molecule has 10 heteroatoms. The highest BCUT2D eigenvalue weighted by Crippen LogP contribution is 2.36. The second kappa shape index (κ2) is 6.11. The molecule has 3 aromatic heterocycles. The number of fused-ring (bicyclic) bond motifs is 1. The van der Waals surface area contributed by atoms with Crippen molar-refractivity contribution in [1.82, 2.24) is 28.7 Å². The van der Waals surface area contributed by atoms with E-state index in [1.165, 1.54) is 16.8 Å². The fourth-order valence-electron chi connectivity index (χ4n) is 3.68. The molecule has 0 spiro atoms. The molecule has 0 unspecified atom stereocenters. The van der Waals surface area contributed by atoms with E-state index in [4.69, 9.17) is 0 Å². The summed E-state index contributed by atoms with van der Waals surface area (Å²) in [5, 5.41) is 19.4. The molecule has 0 bridgehead atoms. The average Bonchev–Trinajstić information content (AvgIpc) is 3.21. The monoisotopic (exact) mass is 390 g/mol. The molecule has 3 aromatic rings. The Labute approximate surface area is 157 Å². The first kappa shape index (κ1) is 18.1. The number of pyridine rings is 1. The molecule has 144 valence electrons. The maximum absolute atomic E-state index is 12.9. The van der Waals surface area contributed by atoms with Gasteiger partial charge in [-0.2, -0.15) is 14.5 Å². The van der Waals surface area contributed by atoms with Gasteiger partial charge in [0.1, 0.15) is 11.2 Å². The summed E-state index contributed by atoms with van der Waals surface area (Å²) in [6.07, 6.45) is 5.26. The molecule has 0 aromatic carbocycles. The van der Waals surface area contributed by atoms with Gasteiger partial charge in [0.15, 0.2) is 5.65 Å². The zero-order valence-electron chi connectivity index (χ0n) is 15.5. The van der Waals surface area contributed by atoms with Crippen LogP contribution in [-0.2, 0) is 22.7 Å². The highest BCUT2D eigenvalue weighted by molar-refractivity contribution is 7.89. The summed E-state index contributed by atoms with van der Waals surface area (Å²) in [5.74, 6) is 0. The van der Waals surface area contributed by atoms with Crippen molar-refractivity contribution < 1.29 is 13.5 Å². The van der Waals surface area contributed by atoms with Crippen LogP contribution < -0.4 is 0 Å². The predicted molar refractivity (Wildman–Crippen MR) is 97.6 cm³/mol. The molecule has 9 nitrogen and oxygen atoms in total. The lowest BCUT2D eigenvalue weighted by Crippen LogP contribution is -2.45. The van der Waals surface area contributed by atoms with Gasteiger partial charge in [0.2, 0.25) is 10.0 Å². The van der Waals surface area contributed by atoms with Crippen LogP contribution in [-0.4, -0.2) is 55.3 Å². The Hall–Kier alpha value is -2.30. The van der Waals surface area contributed by atoms with E-state index >= 15 is 0 Å². The summed E-state index contributed by atoms with van der Waals surface area (Å²) >= 11 is 0. The molecule has 1 aliphatic heterocycles. The Morgan fingerprint density at radius 2 is 1.89 bits per heavy atom. The minimum absolute atomic E-state index is 0.218. The van der Waals surface area contributed by atoms with E-state index in [0.29, 0.717) is 24.2 Å². The molecule has 0 amide bonds. The van der Waals surface area contributed by atoms with Crippen molar-refractivity contribution in [3.8, 4) is 0 Å². The number of aryl methyl sites for hydroxylation is 2. The normalized spacial score (nSPS) is 18.2. The predicted octanol–water partition coefficient (Wildman–Crippen LogP) is 0.752. The Balaban J connectivity index is 1.60. The number of aromatic nitrogens is 5. The third-order valence-corrected chi connectivity index (χ3v) is 7.48. The second-order valence-corrected chi connectivity index (χ2v) is 8.99.